The van der Waals surface area contributed by atoms with Gasteiger partial charge in [0.05, 0.1) is 5.69 Å². The fourth-order valence-corrected chi connectivity index (χ4v) is 3.30. The first-order valence-electron chi connectivity index (χ1n) is 6.72. The van der Waals surface area contributed by atoms with Gasteiger partial charge in [-0.1, -0.05) is 0 Å². The van der Waals surface area contributed by atoms with Crippen LogP contribution in [-0.4, -0.2) is 39.9 Å². The number of aryl methyl sites for hydroxylation is 1. The maximum Gasteiger partial charge on any atom is 0.0549 e. The van der Waals surface area contributed by atoms with Crippen molar-refractivity contribution in [1.29, 1.82) is 0 Å². The molecule has 2 bridgehead atoms. The molecule has 3 rings (SSSR count). The molecule has 1 N–H and O–H groups in total. The Balaban J connectivity index is 1.74. The molecule has 2 saturated heterocycles. The van der Waals surface area contributed by atoms with Gasteiger partial charge in [-0.2, -0.15) is 5.10 Å². The zero-order valence-electron chi connectivity index (χ0n) is 10.8. The molecule has 0 spiro atoms. The van der Waals surface area contributed by atoms with Crippen LogP contribution in [0.3, 0.4) is 0 Å². The molecule has 4 nitrogen and oxygen atoms in total. The van der Waals surface area contributed by atoms with Crippen LogP contribution in [-0.2, 0) is 7.05 Å². The Morgan fingerprint density at radius 3 is 2.94 bits per heavy atom. The Hall–Kier alpha value is -0.870. The summed E-state index contributed by atoms with van der Waals surface area (Å²) >= 11 is 0. The second-order valence-corrected chi connectivity index (χ2v) is 5.48. The highest BCUT2D eigenvalue weighted by Gasteiger charge is 2.31. The van der Waals surface area contributed by atoms with Gasteiger partial charge in [0.1, 0.15) is 0 Å². The van der Waals surface area contributed by atoms with Gasteiger partial charge in [0.25, 0.3) is 0 Å². The lowest BCUT2D eigenvalue weighted by Crippen LogP contribution is -2.37. The van der Waals surface area contributed by atoms with Crippen molar-refractivity contribution in [2.24, 2.45) is 7.05 Å². The van der Waals surface area contributed by atoms with E-state index in [4.69, 9.17) is 0 Å². The van der Waals surface area contributed by atoms with Crippen LogP contribution in [0.4, 0.5) is 0 Å². The highest BCUT2D eigenvalue weighted by atomic mass is 15.3. The molecule has 2 fully saturated rings. The average molecular weight is 234 g/mol. The molecule has 0 aromatic carbocycles. The van der Waals surface area contributed by atoms with E-state index >= 15 is 0 Å². The topological polar surface area (TPSA) is 33.1 Å². The van der Waals surface area contributed by atoms with Gasteiger partial charge in [-0.05, 0) is 32.3 Å². The van der Waals surface area contributed by atoms with E-state index in [1.165, 1.54) is 38.0 Å². The second-order valence-electron chi connectivity index (χ2n) is 5.48. The van der Waals surface area contributed by atoms with E-state index in [2.05, 4.69) is 28.3 Å². The van der Waals surface area contributed by atoms with Gasteiger partial charge in [0.2, 0.25) is 0 Å². The Morgan fingerprint density at radius 1 is 1.35 bits per heavy atom. The minimum Gasteiger partial charge on any atom is -0.310 e. The molecule has 0 amide bonds. The molecule has 1 aromatic rings. The van der Waals surface area contributed by atoms with Crippen molar-refractivity contribution in [3.8, 4) is 0 Å². The Morgan fingerprint density at radius 2 is 2.18 bits per heavy atom. The number of fused-ring (bicyclic) bond motifs is 2. The summed E-state index contributed by atoms with van der Waals surface area (Å²) in [6.45, 7) is 4.69. The van der Waals surface area contributed by atoms with Gasteiger partial charge >= 0.3 is 0 Å². The van der Waals surface area contributed by atoms with E-state index in [1.807, 2.05) is 17.9 Å². The third kappa shape index (κ3) is 2.11. The highest BCUT2D eigenvalue weighted by Crippen LogP contribution is 2.26. The van der Waals surface area contributed by atoms with Gasteiger partial charge in [0.15, 0.2) is 0 Å². The van der Waals surface area contributed by atoms with Crippen molar-refractivity contribution >= 4 is 0 Å². The van der Waals surface area contributed by atoms with E-state index in [9.17, 15) is 0 Å². The number of nitrogens with zero attached hydrogens (tertiary/aromatic N) is 3. The first-order chi connectivity index (χ1) is 8.24. The molecular formula is C13H22N4. The summed E-state index contributed by atoms with van der Waals surface area (Å²) < 4.78 is 2.00. The molecule has 3 unspecified atom stereocenters. The molecule has 0 radical (unpaired) electrons. The second kappa shape index (κ2) is 4.42. The maximum absolute atomic E-state index is 4.28. The normalized spacial score (nSPS) is 31.4. The molecule has 1 aromatic heterocycles. The lowest BCUT2D eigenvalue weighted by Gasteiger charge is -2.30. The summed E-state index contributed by atoms with van der Waals surface area (Å²) in [7, 11) is 2.04. The number of hydrogen-bond donors (Lipinski definition) is 1. The summed E-state index contributed by atoms with van der Waals surface area (Å²) in [6.07, 6.45) is 5.91. The van der Waals surface area contributed by atoms with Crippen LogP contribution in [0.1, 0.15) is 37.9 Å². The lowest BCUT2D eigenvalue weighted by atomic mass is 10.1. The van der Waals surface area contributed by atoms with Gasteiger partial charge in [0, 0.05) is 44.5 Å². The zero-order valence-corrected chi connectivity index (χ0v) is 10.8. The van der Waals surface area contributed by atoms with Crippen molar-refractivity contribution in [3.63, 3.8) is 0 Å². The van der Waals surface area contributed by atoms with Crippen LogP contribution in [0.2, 0.25) is 0 Å². The first kappa shape index (κ1) is 11.2. The molecule has 0 aliphatic carbocycles. The predicted octanol–water partition coefficient (Wildman–Crippen LogP) is 1.31. The molecule has 4 heteroatoms. The van der Waals surface area contributed by atoms with Gasteiger partial charge in [-0.3, -0.25) is 9.58 Å². The quantitative estimate of drug-likeness (QED) is 0.837. The van der Waals surface area contributed by atoms with Crippen LogP contribution in [0, 0.1) is 0 Å². The van der Waals surface area contributed by atoms with E-state index < -0.39 is 0 Å². The van der Waals surface area contributed by atoms with Crippen LogP contribution >= 0.6 is 0 Å². The molecular weight excluding hydrogens is 212 g/mol. The Labute approximate surface area is 103 Å². The number of hydrogen-bond acceptors (Lipinski definition) is 3. The number of aromatic nitrogens is 2. The fourth-order valence-electron chi connectivity index (χ4n) is 3.30. The third-order valence-electron chi connectivity index (χ3n) is 4.39. The summed E-state index contributed by atoms with van der Waals surface area (Å²) in [5, 5.41) is 8.01. The van der Waals surface area contributed by atoms with Crippen molar-refractivity contribution in [3.05, 3.63) is 18.0 Å². The van der Waals surface area contributed by atoms with E-state index in [1.54, 1.807) is 0 Å². The van der Waals surface area contributed by atoms with Gasteiger partial charge < -0.3 is 5.32 Å². The number of rotatable bonds is 2. The van der Waals surface area contributed by atoms with Crippen LogP contribution in [0.15, 0.2) is 12.3 Å². The molecule has 0 saturated carbocycles. The largest absolute Gasteiger partial charge is 0.310 e. The summed E-state index contributed by atoms with van der Waals surface area (Å²) in [6, 6.07) is 4.09. The monoisotopic (exact) mass is 234 g/mol. The molecule has 3 atom stereocenters. The van der Waals surface area contributed by atoms with Crippen molar-refractivity contribution in [2.75, 3.05) is 13.1 Å². The molecule has 3 heterocycles. The third-order valence-corrected chi connectivity index (χ3v) is 4.39. The van der Waals surface area contributed by atoms with Crippen LogP contribution in [0.25, 0.3) is 0 Å². The van der Waals surface area contributed by atoms with Gasteiger partial charge in [-0.15, -0.1) is 0 Å². The van der Waals surface area contributed by atoms with Gasteiger partial charge in [-0.25, -0.2) is 0 Å². The highest BCUT2D eigenvalue weighted by molar-refractivity contribution is 5.07. The molecule has 2 aliphatic rings. The molecule has 2 aliphatic heterocycles. The minimum atomic E-state index is 0.476. The zero-order chi connectivity index (χ0) is 11.8. The minimum absolute atomic E-state index is 0.476. The maximum atomic E-state index is 4.28. The Bertz CT molecular complexity index is 387. The predicted molar refractivity (Wildman–Crippen MR) is 67.8 cm³/mol. The summed E-state index contributed by atoms with van der Waals surface area (Å²) in [4.78, 5) is 2.60. The number of likely N-dealkylation sites (tertiary alicyclic amines) is 1. The van der Waals surface area contributed by atoms with Crippen LogP contribution < -0.4 is 5.32 Å². The molecule has 17 heavy (non-hydrogen) atoms. The fraction of sp³-hybridized carbons (Fsp3) is 0.769. The van der Waals surface area contributed by atoms with Crippen molar-refractivity contribution in [1.82, 2.24) is 20.0 Å². The van der Waals surface area contributed by atoms with Crippen LogP contribution in [0.5, 0.6) is 0 Å². The smallest absolute Gasteiger partial charge is 0.0549 e. The summed E-state index contributed by atoms with van der Waals surface area (Å²) in [5.74, 6) is 0. The van der Waals surface area contributed by atoms with Crippen molar-refractivity contribution < 1.29 is 0 Å². The lowest BCUT2D eigenvalue weighted by molar-refractivity contribution is 0.193. The average Bonchev–Trinajstić information content (AvgIpc) is 2.84. The standard InChI is InChI=1S/C13H22N4/c1-10(13-5-7-14-16(13)2)17-8-6-11-3-4-12(9-17)15-11/h5,7,10-12,15H,3-4,6,8-9H2,1-2H3. The van der Waals surface area contributed by atoms with Crippen molar-refractivity contribution in [2.45, 2.75) is 44.3 Å². The SMILES string of the molecule is CC(c1ccnn1C)N1CCC2CCC(C1)N2. The Kier molecular flexibility index (Phi) is 2.92. The van der Waals surface area contributed by atoms with E-state index in [-0.39, 0.29) is 0 Å². The van der Waals surface area contributed by atoms with E-state index in [0.717, 1.165) is 6.04 Å². The van der Waals surface area contributed by atoms with E-state index in [0.29, 0.717) is 12.1 Å². The first-order valence-corrected chi connectivity index (χ1v) is 6.72. The number of nitrogens with one attached hydrogen (secondary N) is 1. The molecule has 94 valence electrons. The summed E-state index contributed by atoms with van der Waals surface area (Å²) in [5.41, 5.74) is 1.32.